The van der Waals surface area contributed by atoms with Crippen LogP contribution in [0.5, 0.6) is 0 Å². The molecule has 1 heterocycles. The van der Waals surface area contributed by atoms with Gasteiger partial charge in [-0.25, -0.2) is 18.3 Å². The Labute approximate surface area is 194 Å². The van der Waals surface area contributed by atoms with Gasteiger partial charge in [0.15, 0.2) is 0 Å². The number of rotatable bonds is 6. The molecule has 6 nitrogen and oxygen atoms in total. The van der Waals surface area contributed by atoms with E-state index < -0.39 is 11.8 Å². The quantitative estimate of drug-likeness (QED) is 0.378. The van der Waals surface area contributed by atoms with E-state index in [9.17, 15) is 18.4 Å². The minimum atomic E-state index is -0.587. The number of hydrogen-bond acceptors (Lipinski definition) is 4. The Balaban J connectivity index is 1.87. The molecule has 0 saturated carbocycles. The van der Waals surface area contributed by atoms with Gasteiger partial charge in [0.1, 0.15) is 11.6 Å². The SMILES string of the molecule is CCOC(=O)c1cc(-c2cc(-c3ccc(F)cc3)n(-c3cccc(F)c3)n2)ccc1NC(C)=O. The number of anilines is 1. The van der Waals surface area contributed by atoms with Crippen LogP contribution in [0.25, 0.3) is 28.2 Å². The molecular weight excluding hydrogens is 440 g/mol. The van der Waals surface area contributed by atoms with Crippen molar-refractivity contribution in [2.24, 2.45) is 0 Å². The predicted molar refractivity (Wildman–Crippen MR) is 125 cm³/mol. The van der Waals surface area contributed by atoms with E-state index in [1.807, 2.05) is 0 Å². The molecule has 1 amide bonds. The molecule has 0 unspecified atom stereocenters. The normalized spacial score (nSPS) is 10.7. The molecule has 0 fully saturated rings. The minimum Gasteiger partial charge on any atom is -0.462 e. The lowest BCUT2D eigenvalue weighted by molar-refractivity contribution is -0.114. The first-order valence-corrected chi connectivity index (χ1v) is 10.6. The highest BCUT2D eigenvalue weighted by Crippen LogP contribution is 2.31. The van der Waals surface area contributed by atoms with Gasteiger partial charge in [-0.2, -0.15) is 5.10 Å². The number of benzene rings is 3. The average molecular weight is 461 g/mol. The molecule has 8 heteroatoms. The van der Waals surface area contributed by atoms with E-state index in [0.29, 0.717) is 33.9 Å². The second-order valence-corrected chi connectivity index (χ2v) is 7.48. The first-order valence-electron chi connectivity index (χ1n) is 10.6. The molecule has 0 spiro atoms. The number of ether oxygens (including phenoxy) is 1. The van der Waals surface area contributed by atoms with Gasteiger partial charge in [-0.05, 0) is 67.6 Å². The van der Waals surface area contributed by atoms with Crippen LogP contribution < -0.4 is 5.32 Å². The highest BCUT2D eigenvalue weighted by molar-refractivity contribution is 6.01. The molecule has 1 aromatic heterocycles. The maximum Gasteiger partial charge on any atom is 0.340 e. The summed E-state index contributed by atoms with van der Waals surface area (Å²) in [6.45, 7) is 3.21. The first-order chi connectivity index (χ1) is 16.4. The fourth-order valence-electron chi connectivity index (χ4n) is 3.53. The van der Waals surface area contributed by atoms with Gasteiger partial charge in [0.25, 0.3) is 0 Å². The number of nitrogens with zero attached hydrogens (tertiary/aromatic N) is 2. The first kappa shape index (κ1) is 22.8. The molecule has 0 aliphatic heterocycles. The molecule has 4 aromatic rings. The average Bonchev–Trinajstić information content (AvgIpc) is 3.25. The molecule has 3 aromatic carbocycles. The van der Waals surface area contributed by atoms with Crippen LogP contribution in [0.15, 0.2) is 72.8 Å². The van der Waals surface area contributed by atoms with E-state index in [2.05, 4.69) is 10.4 Å². The van der Waals surface area contributed by atoms with E-state index in [-0.39, 0.29) is 23.9 Å². The standard InChI is InChI=1S/C26H21F2N3O3/c1-3-34-26(33)22-13-18(9-12-23(22)29-16(2)32)24-15-25(17-7-10-19(27)11-8-17)31(30-24)21-6-4-5-20(28)14-21/h4-15H,3H2,1-2H3,(H,29,32). The number of hydrogen-bond donors (Lipinski definition) is 1. The van der Waals surface area contributed by atoms with Gasteiger partial charge in [-0.15, -0.1) is 0 Å². The smallest absolute Gasteiger partial charge is 0.340 e. The predicted octanol–water partition coefficient (Wildman–Crippen LogP) is 5.62. The molecule has 0 saturated heterocycles. The zero-order valence-corrected chi connectivity index (χ0v) is 18.5. The Morgan fingerprint density at radius 3 is 2.35 bits per heavy atom. The fraction of sp³-hybridized carbons (Fsp3) is 0.115. The highest BCUT2D eigenvalue weighted by Gasteiger charge is 2.18. The summed E-state index contributed by atoms with van der Waals surface area (Å²) in [6, 6.07) is 18.5. The van der Waals surface area contributed by atoms with Gasteiger partial charge in [0, 0.05) is 18.1 Å². The van der Waals surface area contributed by atoms with Crippen LogP contribution in [0.3, 0.4) is 0 Å². The third-order valence-electron chi connectivity index (χ3n) is 5.02. The number of esters is 1. The van der Waals surface area contributed by atoms with Gasteiger partial charge in [0.05, 0.1) is 34.9 Å². The Bertz CT molecular complexity index is 1360. The molecule has 0 atom stereocenters. The van der Waals surface area contributed by atoms with Crippen LogP contribution in [0.1, 0.15) is 24.2 Å². The molecule has 0 bridgehead atoms. The van der Waals surface area contributed by atoms with Crippen LogP contribution in [0.2, 0.25) is 0 Å². The summed E-state index contributed by atoms with van der Waals surface area (Å²) < 4.78 is 34.2. The highest BCUT2D eigenvalue weighted by atomic mass is 19.1. The van der Waals surface area contributed by atoms with Crippen molar-refractivity contribution in [3.63, 3.8) is 0 Å². The Morgan fingerprint density at radius 1 is 0.941 bits per heavy atom. The molecule has 0 radical (unpaired) electrons. The third kappa shape index (κ3) is 4.85. The van der Waals surface area contributed by atoms with Gasteiger partial charge < -0.3 is 10.1 Å². The summed E-state index contributed by atoms with van der Waals surface area (Å²) in [7, 11) is 0. The van der Waals surface area contributed by atoms with Crippen molar-refractivity contribution in [2.45, 2.75) is 13.8 Å². The fourth-order valence-corrected chi connectivity index (χ4v) is 3.53. The molecular formula is C26H21F2N3O3. The zero-order valence-electron chi connectivity index (χ0n) is 18.5. The van der Waals surface area contributed by atoms with E-state index in [0.717, 1.165) is 0 Å². The van der Waals surface area contributed by atoms with E-state index in [1.54, 1.807) is 60.1 Å². The monoisotopic (exact) mass is 461 g/mol. The third-order valence-corrected chi connectivity index (χ3v) is 5.02. The van der Waals surface area contributed by atoms with Crippen LogP contribution in [-0.2, 0) is 9.53 Å². The second kappa shape index (κ2) is 9.66. The van der Waals surface area contributed by atoms with E-state index >= 15 is 0 Å². The lowest BCUT2D eigenvalue weighted by atomic mass is 10.0. The Kier molecular flexibility index (Phi) is 6.49. The van der Waals surface area contributed by atoms with Crippen molar-refractivity contribution in [2.75, 3.05) is 11.9 Å². The summed E-state index contributed by atoms with van der Waals surface area (Å²) in [6.07, 6.45) is 0. The summed E-state index contributed by atoms with van der Waals surface area (Å²) >= 11 is 0. The molecule has 34 heavy (non-hydrogen) atoms. The molecule has 1 N–H and O–H groups in total. The number of nitrogens with one attached hydrogen (secondary N) is 1. The minimum absolute atomic E-state index is 0.172. The van der Waals surface area contributed by atoms with Crippen LogP contribution in [0.4, 0.5) is 14.5 Å². The molecule has 172 valence electrons. The molecule has 0 aliphatic carbocycles. The van der Waals surface area contributed by atoms with Crippen molar-refractivity contribution >= 4 is 17.6 Å². The number of carbonyl (C=O) groups is 2. The van der Waals surface area contributed by atoms with Crippen LogP contribution in [-0.4, -0.2) is 28.3 Å². The lowest BCUT2D eigenvalue weighted by Gasteiger charge is -2.10. The maximum absolute atomic E-state index is 14.0. The summed E-state index contributed by atoms with van der Waals surface area (Å²) in [5.41, 5.74) is 3.32. The second-order valence-electron chi connectivity index (χ2n) is 7.48. The van der Waals surface area contributed by atoms with Gasteiger partial charge in [-0.1, -0.05) is 12.1 Å². The van der Waals surface area contributed by atoms with Crippen molar-refractivity contribution in [1.29, 1.82) is 0 Å². The van der Waals surface area contributed by atoms with Gasteiger partial charge >= 0.3 is 5.97 Å². The van der Waals surface area contributed by atoms with Crippen molar-refractivity contribution in [3.05, 3.63) is 90.0 Å². The van der Waals surface area contributed by atoms with E-state index in [4.69, 9.17) is 4.74 Å². The summed E-state index contributed by atoms with van der Waals surface area (Å²) in [5.74, 6) is -1.72. The molecule has 0 aliphatic rings. The largest absolute Gasteiger partial charge is 0.462 e. The maximum atomic E-state index is 14.0. The number of halogens is 2. The number of carbonyl (C=O) groups excluding carboxylic acids is 2. The molecule has 4 rings (SSSR count). The van der Waals surface area contributed by atoms with Crippen molar-refractivity contribution in [3.8, 4) is 28.2 Å². The number of aromatic nitrogens is 2. The van der Waals surface area contributed by atoms with Crippen LogP contribution in [0, 0.1) is 11.6 Å². The number of amides is 1. The van der Waals surface area contributed by atoms with E-state index in [1.165, 1.54) is 31.2 Å². The Hall–Kier alpha value is -4.33. The van der Waals surface area contributed by atoms with Gasteiger partial charge in [-0.3, -0.25) is 4.79 Å². The topological polar surface area (TPSA) is 73.2 Å². The van der Waals surface area contributed by atoms with Crippen LogP contribution >= 0.6 is 0 Å². The summed E-state index contributed by atoms with van der Waals surface area (Å²) in [4.78, 5) is 24.1. The van der Waals surface area contributed by atoms with Crippen molar-refractivity contribution in [1.82, 2.24) is 9.78 Å². The zero-order chi connectivity index (χ0) is 24.2. The van der Waals surface area contributed by atoms with Gasteiger partial charge in [0.2, 0.25) is 5.91 Å². The summed E-state index contributed by atoms with van der Waals surface area (Å²) in [5, 5.41) is 7.27. The van der Waals surface area contributed by atoms with Crippen molar-refractivity contribution < 1.29 is 23.1 Å². The Morgan fingerprint density at radius 2 is 1.68 bits per heavy atom. The lowest BCUT2D eigenvalue weighted by Crippen LogP contribution is -2.13.